The van der Waals surface area contributed by atoms with Gasteiger partial charge in [0.05, 0.1) is 48.8 Å². The smallest absolute Gasteiger partial charge is 0.276 e. The summed E-state index contributed by atoms with van der Waals surface area (Å²) in [5, 5.41) is 22.4. The number of nitrogens with zero attached hydrogens (tertiary/aromatic N) is 4. The molecule has 3 atom stereocenters. The van der Waals surface area contributed by atoms with Crippen molar-refractivity contribution in [2.45, 2.75) is 44.1 Å². The van der Waals surface area contributed by atoms with Gasteiger partial charge < -0.3 is 29.4 Å². The second-order valence-electron chi connectivity index (χ2n) is 8.31. The highest BCUT2D eigenvalue weighted by Crippen LogP contribution is 2.27. The molecule has 0 spiro atoms. The fourth-order valence-electron chi connectivity index (χ4n) is 4.19. The van der Waals surface area contributed by atoms with E-state index in [4.69, 9.17) is 18.9 Å². The molecule has 2 N–H and O–H groups in total. The van der Waals surface area contributed by atoms with Gasteiger partial charge in [0.1, 0.15) is 19.0 Å². The lowest BCUT2D eigenvalue weighted by atomic mass is 9.96. The molecule has 2 aliphatic heterocycles. The molecule has 2 aliphatic rings. The SMILES string of the molecule is COc1ccc2ncc(F)c(CC(O)[C@@H]3CC[C@@H](NCc4cc5c(nn4)OCCO5)CO3)c2n1. The van der Waals surface area contributed by atoms with Crippen molar-refractivity contribution in [1.82, 2.24) is 25.5 Å². The van der Waals surface area contributed by atoms with Gasteiger partial charge in [-0.3, -0.25) is 4.98 Å². The molecule has 0 aliphatic carbocycles. The molecule has 10 nitrogen and oxygen atoms in total. The van der Waals surface area contributed by atoms with Crippen molar-refractivity contribution in [3.05, 3.63) is 41.5 Å². The van der Waals surface area contributed by atoms with Gasteiger partial charge in [-0.2, -0.15) is 5.10 Å². The summed E-state index contributed by atoms with van der Waals surface area (Å²) in [6, 6.07) is 5.31. The number of nitrogens with one attached hydrogen (secondary N) is 1. The van der Waals surface area contributed by atoms with Crippen LogP contribution < -0.4 is 19.5 Å². The third kappa shape index (κ3) is 4.86. The lowest BCUT2D eigenvalue weighted by Gasteiger charge is -2.32. The first-order valence-electron chi connectivity index (χ1n) is 11.2. The zero-order valence-electron chi connectivity index (χ0n) is 18.7. The number of hydrogen-bond acceptors (Lipinski definition) is 10. The Morgan fingerprint density at radius 2 is 2.12 bits per heavy atom. The van der Waals surface area contributed by atoms with Gasteiger partial charge in [-0.25, -0.2) is 9.37 Å². The molecule has 34 heavy (non-hydrogen) atoms. The Bertz CT molecular complexity index is 1160. The summed E-state index contributed by atoms with van der Waals surface area (Å²) >= 11 is 0. The minimum Gasteiger partial charge on any atom is -0.484 e. The molecule has 3 aromatic heterocycles. The summed E-state index contributed by atoms with van der Waals surface area (Å²) in [5.41, 5.74) is 1.97. The lowest BCUT2D eigenvalue weighted by molar-refractivity contribution is -0.0719. The Hall–Kier alpha value is -3.15. The second-order valence-corrected chi connectivity index (χ2v) is 8.31. The normalized spacial score (nSPS) is 20.8. The van der Waals surface area contributed by atoms with Gasteiger partial charge in [-0.15, -0.1) is 5.10 Å². The third-order valence-corrected chi connectivity index (χ3v) is 6.03. The molecular formula is C23H26FN5O5. The fourth-order valence-corrected chi connectivity index (χ4v) is 4.19. The number of aliphatic hydroxyl groups is 1. The van der Waals surface area contributed by atoms with Gasteiger partial charge in [-0.1, -0.05) is 0 Å². The van der Waals surface area contributed by atoms with Crippen LogP contribution in [0.1, 0.15) is 24.1 Å². The van der Waals surface area contributed by atoms with Crippen LogP contribution in [-0.2, 0) is 17.7 Å². The van der Waals surface area contributed by atoms with Crippen LogP contribution in [0.4, 0.5) is 4.39 Å². The van der Waals surface area contributed by atoms with Gasteiger partial charge >= 0.3 is 0 Å². The van der Waals surface area contributed by atoms with Crippen molar-refractivity contribution in [2.24, 2.45) is 0 Å². The van der Waals surface area contributed by atoms with Crippen LogP contribution in [0, 0.1) is 5.82 Å². The van der Waals surface area contributed by atoms with E-state index in [0.717, 1.165) is 18.3 Å². The number of pyridine rings is 2. The molecule has 5 rings (SSSR count). The number of aromatic nitrogens is 4. The number of fused-ring (bicyclic) bond motifs is 2. The van der Waals surface area contributed by atoms with Gasteiger partial charge in [0.2, 0.25) is 5.88 Å². The Morgan fingerprint density at radius 3 is 2.94 bits per heavy atom. The number of rotatable bonds is 7. The van der Waals surface area contributed by atoms with E-state index in [1.54, 1.807) is 12.1 Å². The average molecular weight is 471 g/mol. The van der Waals surface area contributed by atoms with Crippen molar-refractivity contribution >= 4 is 11.0 Å². The summed E-state index contributed by atoms with van der Waals surface area (Å²) in [7, 11) is 1.50. The molecule has 3 aromatic rings. The molecule has 0 bridgehead atoms. The van der Waals surface area contributed by atoms with Crippen LogP contribution >= 0.6 is 0 Å². The predicted octanol–water partition coefficient (Wildman–Crippen LogP) is 1.58. The van der Waals surface area contributed by atoms with Crippen LogP contribution in [-0.4, -0.2) is 70.5 Å². The van der Waals surface area contributed by atoms with E-state index >= 15 is 0 Å². The van der Waals surface area contributed by atoms with Crippen LogP contribution in [0.2, 0.25) is 0 Å². The van der Waals surface area contributed by atoms with Crippen molar-refractivity contribution in [1.29, 1.82) is 0 Å². The quantitative estimate of drug-likeness (QED) is 0.525. The molecule has 0 amide bonds. The summed E-state index contributed by atoms with van der Waals surface area (Å²) in [6.45, 7) is 1.90. The summed E-state index contributed by atoms with van der Waals surface area (Å²) < 4.78 is 36.6. The molecule has 180 valence electrons. The number of ether oxygens (including phenoxy) is 4. The Morgan fingerprint density at radius 1 is 1.24 bits per heavy atom. The molecular weight excluding hydrogens is 445 g/mol. The van der Waals surface area contributed by atoms with E-state index in [-0.39, 0.29) is 12.5 Å². The van der Waals surface area contributed by atoms with Crippen molar-refractivity contribution in [3.8, 4) is 17.5 Å². The zero-order valence-corrected chi connectivity index (χ0v) is 18.7. The van der Waals surface area contributed by atoms with Gasteiger partial charge in [0.15, 0.2) is 5.75 Å². The predicted molar refractivity (Wildman–Crippen MR) is 118 cm³/mol. The molecule has 0 aromatic carbocycles. The van der Waals surface area contributed by atoms with Crippen LogP contribution in [0.5, 0.6) is 17.5 Å². The molecule has 5 heterocycles. The summed E-state index contributed by atoms with van der Waals surface area (Å²) in [4.78, 5) is 8.41. The third-order valence-electron chi connectivity index (χ3n) is 6.03. The van der Waals surface area contributed by atoms with Gasteiger partial charge in [0, 0.05) is 36.7 Å². The average Bonchev–Trinajstić information content (AvgIpc) is 2.89. The largest absolute Gasteiger partial charge is 0.484 e. The zero-order chi connectivity index (χ0) is 23.5. The van der Waals surface area contributed by atoms with E-state index in [9.17, 15) is 9.50 Å². The summed E-state index contributed by atoms with van der Waals surface area (Å²) in [5.74, 6) is 0.869. The Balaban J connectivity index is 1.16. The minimum atomic E-state index is -0.877. The molecule has 1 unspecified atom stereocenters. The van der Waals surface area contributed by atoms with Crippen molar-refractivity contribution in [3.63, 3.8) is 0 Å². The van der Waals surface area contributed by atoms with E-state index in [1.807, 2.05) is 6.07 Å². The maximum Gasteiger partial charge on any atom is 0.276 e. The number of halogens is 1. The maximum atomic E-state index is 14.6. The number of methoxy groups -OCH3 is 1. The van der Waals surface area contributed by atoms with E-state index in [2.05, 4.69) is 25.5 Å². The molecule has 1 fully saturated rings. The monoisotopic (exact) mass is 471 g/mol. The molecule has 1 saturated heterocycles. The van der Waals surface area contributed by atoms with E-state index < -0.39 is 18.0 Å². The summed E-state index contributed by atoms with van der Waals surface area (Å²) in [6.07, 6.45) is 1.37. The number of aliphatic hydroxyl groups excluding tert-OH is 1. The first-order chi connectivity index (χ1) is 16.6. The topological polar surface area (TPSA) is 121 Å². The standard InChI is InChI=1S/C23H26FN5O5/c1-31-21-5-3-17-22(27-21)15(16(24)11-26-17)9-18(30)19-4-2-13(12-34-19)25-10-14-8-20-23(29-28-14)33-7-6-32-20/h3,5,8,11,13,18-19,25,30H,2,4,6-7,9-10,12H2,1H3/t13-,18?,19+/m1/s1. The maximum absolute atomic E-state index is 14.6. The van der Waals surface area contributed by atoms with Crippen LogP contribution in [0.15, 0.2) is 24.4 Å². The highest BCUT2D eigenvalue weighted by atomic mass is 19.1. The highest BCUT2D eigenvalue weighted by Gasteiger charge is 2.29. The van der Waals surface area contributed by atoms with Crippen LogP contribution in [0.3, 0.4) is 0 Å². The van der Waals surface area contributed by atoms with Gasteiger partial charge in [-0.05, 0) is 18.9 Å². The number of hydrogen-bond donors (Lipinski definition) is 2. The first kappa shape index (κ1) is 22.6. The van der Waals surface area contributed by atoms with E-state index in [0.29, 0.717) is 66.9 Å². The van der Waals surface area contributed by atoms with E-state index in [1.165, 1.54) is 7.11 Å². The Labute approximate surface area is 195 Å². The molecule has 11 heteroatoms. The Kier molecular flexibility index (Phi) is 6.66. The van der Waals surface area contributed by atoms with Crippen molar-refractivity contribution < 1.29 is 28.4 Å². The van der Waals surface area contributed by atoms with Gasteiger partial charge in [0.25, 0.3) is 5.88 Å². The fraction of sp³-hybridized carbons (Fsp3) is 0.478. The molecule has 0 saturated carbocycles. The minimum absolute atomic E-state index is 0.0700. The lowest BCUT2D eigenvalue weighted by Crippen LogP contribution is -2.44. The second kappa shape index (κ2) is 10.00. The highest BCUT2D eigenvalue weighted by molar-refractivity contribution is 5.78. The first-order valence-corrected chi connectivity index (χ1v) is 11.2. The molecule has 0 radical (unpaired) electrons. The van der Waals surface area contributed by atoms with Crippen molar-refractivity contribution in [2.75, 3.05) is 26.9 Å². The van der Waals surface area contributed by atoms with Crippen LogP contribution in [0.25, 0.3) is 11.0 Å².